The SMILES string of the molecule is Cl.NC(c1ccccc1)c1cccc(OCc2ccc(C(=O)O)cc2CCCC2OCCO2)c1. The zero-order valence-corrected chi connectivity index (χ0v) is 19.7. The van der Waals surface area contributed by atoms with E-state index in [0.717, 1.165) is 47.3 Å². The van der Waals surface area contributed by atoms with E-state index in [1.54, 1.807) is 12.1 Å². The molecule has 3 N–H and O–H groups in total. The molecule has 0 bridgehead atoms. The highest BCUT2D eigenvalue weighted by molar-refractivity contribution is 5.87. The summed E-state index contributed by atoms with van der Waals surface area (Å²) in [7, 11) is 0. The Morgan fingerprint density at radius 2 is 1.71 bits per heavy atom. The van der Waals surface area contributed by atoms with E-state index in [2.05, 4.69) is 0 Å². The van der Waals surface area contributed by atoms with Crippen LogP contribution in [0, 0.1) is 0 Å². The Hall–Kier alpha value is -2.90. The number of ether oxygens (including phenoxy) is 3. The molecule has 34 heavy (non-hydrogen) atoms. The van der Waals surface area contributed by atoms with Gasteiger partial charge in [0.15, 0.2) is 6.29 Å². The monoisotopic (exact) mass is 483 g/mol. The summed E-state index contributed by atoms with van der Waals surface area (Å²) in [5.41, 5.74) is 10.6. The lowest BCUT2D eigenvalue weighted by Gasteiger charge is -2.16. The molecule has 1 saturated heterocycles. The van der Waals surface area contributed by atoms with Crippen molar-refractivity contribution in [3.63, 3.8) is 0 Å². The van der Waals surface area contributed by atoms with Crippen molar-refractivity contribution in [2.75, 3.05) is 13.2 Å². The van der Waals surface area contributed by atoms with E-state index in [1.807, 2.05) is 60.7 Å². The van der Waals surface area contributed by atoms with E-state index >= 15 is 0 Å². The normalized spacial score (nSPS) is 14.4. The maximum atomic E-state index is 11.5. The van der Waals surface area contributed by atoms with Crippen molar-refractivity contribution >= 4 is 18.4 Å². The van der Waals surface area contributed by atoms with E-state index in [4.69, 9.17) is 19.9 Å². The van der Waals surface area contributed by atoms with Crippen molar-refractivity contribution in [2.45, 2.75) is 38.2 Å². The van der Waals surface area contributed by atoms with Crippen LogP contribution in [0.2, 0.25) is 0 Å². The second-order valence-electron chi connectivity index (χ2n) is 8.10. The number of rotatable bonds is 10. The lowest BCUT2D eigenvalue weighted by atomic mass is 9.99. The summed E-state index contributed by atoms with van der Waals surface area (Å²) >= 11 is 0. The van der Waals surface area contributed by atoms with Gasteiger partial charge in [0.2, 0.25) is 0 Å². The predicted molar refractivity (Wildman–Crippen MR) is 133 cm³/mol. The van der Waals surface area contributed by atoms with Crippen LogP contribution >= 0.6 is 12.4 Å². The highest BCUT2D eigenvalue weighted by atomic mass is 35.5. The maximum Gasteiger partial charge on any atom is 0.335 e. The summed E-state index contributed by atoms with van der Waals surface area (Å²) in [6, 6.07) is 22.7. The molecule has 4 rings (SSSR count). The topological polar surface area (TPSA) is 91.0 Å². The Morgan fingerprint density at radius 3 is 2.44 bits per heavy atom. The lowest BCUT2D eigenvalue weighted by Crippen LogP contribution is -2.12. The highest BCUT2D eigenvalue weighted by Crippen LogP contribution is 2.25. The van der Waals surface area contributed by atoms with Crippen molar-refractivity contribution in [3.05, 3.63) is 101 Å². The van der Waals surface area contributed by atoms with Crippen LogP contribution in [0.5, 0.6) is 5.75 Å². The summed E-state index contributed by atoms with van der Waals surface area (Å²) < 4.78 is 17.1. The number of halogens is 1. The van der Waals surface area contributed by atoms with Crippen LogP contribution in [0.25, 0.3) is 0 Å². The van der Waals surface area contributed by atoms with Gasteiger partial charge in [-0.15, -0.1) is 12.4 Å². The van der Waals surface area contributed by atoms with Gasteiger partial charge >= 0.3 is 5.97 Å². The highest BCUT2D eigenvalue weighted by Gasteiger charge is 2.16. The maximum absolute atomic E-state index is 11.5. The summed E-state index contributed by atoms with van der Waals surface area (Å²) in [6.07, 6.45) is 2.17. The van der Waals surface area contributed by atoms with Crippen molar-refractivity contribution < 1.29 is 24.1 Å². The third-order valence-corrected chi connectivity index (χ3v) is 5.80. The third kappa shape index (κ3) is 6.81. The van der Waals surface area contributed by atoms with Crippen LogP contribution in [0.15, 0.2) is 72.8 Å². The Morgan fingerprint density at radius 1 is 0.971 bits per heavy atom. The molecular formula is C27H30ClNO5. The van der Waals surface area contributed by atoms with Crippen LogP contribution in [0.3, 0.4) is 0 Å². The molecule has 0 saturated carbocycles. The van der Waals surface area contributed by atoms with E-state index < -0.39 is 5.97 Å². The number of hydrogen-bond acceptors (Lipinski definition) is 5. The molecule has 180 valence electrons. The number of carboxylic acids is 1. The molecule has 1 fully saturated rings. The molecule has 1 aliphatic heterocycles. The molecular weight excluding hydrogens is 454 g/mol. The molecule has 0 spiro atoms. The molecule has 0 amide bonds. The molecule has 1 heterocycles. The molecule has 3 aromatic rings. The van der Waals surface area contributed by atoms with Crippen LogP contribution in [0.1, 0.15) is 51.5 Å². The van der Waals surface area contributed by atoms with Gasteiger partial charge in [-0.25, -0.2) is 4.79 Å². The quantitative estimate of drug-likeness (QED) is 0.415. The molecule has 7 heteroatoms. The van der Waals surface area contributed by atoms with Gasteiger partial charge in [0.05, 0.1) is 24.8 Å². The van der Waals surface area contributed by atoms with Gasteiger partial charge in [0, 0.05) is 0 Å². The van der Waals surface area contributed by atoms with Gasteiger partial charge in [-0.3, -0.25) is 0 Å². The van der Waals surface area contributed by atoms with Gasteiger partial charge in [-0.05, 0) is 65.8 Å². The number of benzene rings is 3. The number of hydrogen-bond donors (Lipinski definition) is 2. The van der Waals surface area contributed by atoms with Crippen molar-refractivity contribution in [2.24, 2.45) is 5.73 Å². The molecule has 0 radical (unpaired) electrons. The predicted octanol–water partition coefficient (Wildman–Crippen LogP) is 5.13. The first-order chi connectivity index (χ1) is 16.1. The Balaban J connectivity index is 0.00000324. The fourth-order valence-corrected chi connectivity index (χ4v) is 3.98. The molecule has 0 aromatic heterocycles. The van der Waals surface area contributed by atoms with Gasteiger partial charge in [-0.2, -0.15) is 0 Å². The van der Waals surface area contributed by atoms with E-state index in [0.29, 0.717) is 19.8 Å². The van der Waals surface area contributed by atoms with Gasteiger partial charge in [-0.1, -0.05) is 48.5 Å². The van der Waals surface area contributed by atoms with Crippen LogP contribution < -0.4 is 10.5 Å². The molecule has 1 aliphatic rings. The smallest absolute Gasteiger partial charge is 0.335 e. The van der Waals surface area contributed by atoms with E-state index in [1.165, 1.54) is 0 Å². The second kappa shape index (κ2) is 12.5. The van der Waals surface area contributed by atoms with Crippen LogP contribution in [0.4, 0.5) is 0 Å². The first-order valence-corrected chi connectivity index (χ1v) is 11.2. The van der Waals surface area contributed by atoms with Crippen LogP contribution in [-0.2, 0) is 22.5 Å². The van der Waals surface area contributed by atoms with E-state index in [9.17, 15) is 9.90 Å². The summed E-state index contributed by atoms with van der Waals surface area (Å²) in [5.74, 6) is -0.214. The van der Waals surface area contributed by atoms with Gasteiger partial charge < -0.3 is 25.1 Å². The zero-order valence-electron chi connectivity index (χ0n) is 18.9. The van der Waals surface area contributed by atoms with Crippen molar-refractivity contribution in [1.82, 2.24) is 0 Å². The Labute approximate surface area is 206 Å². The Bertz CT molecular complexity index is 1070. The number of aryl methyl sites for hydroxylation is 1. The number of carbonyl (C=O) groups is 1. The minimum Gasteiger partial charge on any atom is -0.489 e. The first kappa shape index (κ1) is 25.7. The molecule has 3 aromatic carbocycles. The second-order valence-corrected chi connectivity index (χ2v) is 8.10. The first-order valence-electron chi connectivity index (χ1n) is 11.2. The molecule has 0 aliphatic carbocycles. The third-order valence-electron chi connectivity index (χ3n) is 5.80. The number of aromatic carboxylic acids is 1. The van der Waals surface area contributed by atoms with E-state index in [-0.39, 0.29) is 30.3 Å². The average molecular weight is 484 g/mol. The minimum absolute atomic E-state index is 0. The van der Waals surface area contributed by atoms with Crippen molar-refractivity contribution in [3.8, 4) is 5.75 Å². The fourth-order valence-electron chi connectivity index (χ4n) is 3.98. The van der Waals surface area contributed by atoms with Gasteiger partial charge in [0.1, 0.15) is 12.4 Å². The van der Waals surface area contributed by atoms with Gasteiger partial charge in [0.25, 0.3) is 0 Å². The minimum atomic E-state index is -0.936. The lowest BCUT2D eigenvalue weighted by molar-refractivity contribution is -0.0475. The zero-order chi connectivity index (χ0) is 23.0. The standard InChI is InChI=1S/C27H29NO5.ClH/c28-26(19-6-2-1-3-7-19)21-9-4-10-24(17-21)33-18-23-13-12-22(27(29)30)16-20(23)8-5-11-25-31-14-15-32-25;/h1-4,6-7,9-10,12-13,16-17,25-26H,5,8,11,14-15,18,28H2,(H,29,30);1H. The largest absolute Gasteiger partial charge is 0.489 e. The molecule has 6 nitrogen and oxygen atoms in total. The summed E-state index contributed by atoms with van der Waals surface area (Å²) in [5, 5.41) is 9.40. The average Bonchev–Trinajstić information content (AvgIpc) is 3.37. The summed E-state index contributed by atoms with van der Waals surface area (Å²) in [6.45, 7) is 1.60. The molecule has 1 atom stereocenters. The fraction of sp³-hybridized carbons (Fsp3) is 0.296. The van der Waals surface area contributed by atoms with Crippen LogP contribution in [-0.4, -0.2) is 30.6 Å². The Kier molecular flexibility index (Phi) is 9.48. The number of nitrogens with two attached hydrogens (primary N) is 1. The summed E-state index contributed by atoms with van der Waals surface area (Å²) in [4.78, 5) is 11.5. The van der Waals surface area contributed by atoms with Crippen molar-refractivity contribution in [1.29, 1.82) is 0 Å². The molecule has 1 unspecified atom stereocenters. The number of carboxylic acid groups (broad SMARTS) is 1.